The number of sulfonamides is 1. The van der Waals surface area contributed by atoms with Crippen LogP contribution in [0.5, 0.6) is 0 Å². The molecule has 0 bridgehead atoms. The second kappa shape index (κ2) is 7.11. The van der Waals surface area contributed by atoms with Crippen molar-refractivity contribution in [3.63, 3.8) is 0 Å². The van der Waals surface area contributed by atoms with Crippen molar-refractivity contribution in [3.8, 4) is 0 Å². The maximum Gasteiger partial charge on any atom is 0.337 e. The Balaban J connectivity index is 2.07. The average molecular weight is 327 g/mol. The lowest BCUT2D eigenvalue weighted by Gasteiger charge is -2.22. The van der Waals surface area contributed by atoms with Gasteiger partial charge in [0, 0.05) is 13.2 Å². The molecule has 1 saturated heterocycles. The van der Waals surface area contributed by atoms with Gasteiger partial charge in [0.05, 0.1) is 17.0 Å². The maximum absolute atomic E-state index is 12.2. The van der Waals surface area contributed by atoms with Gasteiger partial charge in [-0.2, -0.15) is 0 Å². The molecule has 0 aromatic heterocycles. The normalized spacial score (nSPS) is 16.4. The van der Waals surface area contributed by atoms with E-state index in [-0.39, 0.29) is 17.0 Å². The minimum atomic E-state index is -3.57. The molecule has 0 spiro atoms. The van der Waals surface area contributed by atoms with Gasteiger partial charge >= 0.3 is 5.97 Å². The number of carboxylic acid groups (broad SMARTS) is 1. The first-order chi connectivity index (χ1) is 10.4. The molecule has 2 rings (SSSR count). The van der Waals surface area contributed by atoms with Gasteiger partial charge in [0.15, 0.2) is 0 Å². The quantitative estimate of drug-likeness (QED) is 0.836. The van der Waals surface area contributed by atoms with Crippen LogP contribution in [0.1, 0.15) is 35.2 Å². The zero-order valence-electron chi connectivity index (χ0n) is 12.5. The van der Waals surface area contributed by atoms with Crippen molar-refractivity contribution in [1.82, 2.24) is 0 Å². The predicted molar refractivity (Wildman–Crippen MR) is 83.7 cm³/mol. The molecule has 0 radical (unpaired) electrons. The Bertz CT molecular complexity index is 635. The van der Waals surface area contributed by atoms with Crippen molar-refractivity contribution in [1.29, 1.82) is 0 Å². The Morgan fingerprint density at radius 3 is 2.68 bits per heavy atom. The van der Waals surface area contributed by atoms with Crippen LogP contribution >= 0.6 is 0 Å². The first-order valence-electron chi connectivity index (χ1n) is 7.30. The van der Waals surface area contributed by atoms with Crippen LogP contribution in [0, 0.1) is 12.8 Å². The van der Waals surface area contributed by atoms with Crippen LogP contribution in [-0.2, 0) is 14.8 Å². The number of aryl methyl sites for hydroxylation is 1. The third-order valence-electron chi connectivity index (χ3n) is 3.90. The van der Waals surface area contributed by atoms with Crippen LogP contribution in [0.15, 0.2) is 18.2 Å². The zero-order chi connectivity index (χ0) is 16.2. The largest absolute Gasteiger partial charge is 0.478 e. The first kappa shape index (κ1) is 16.8. The summed E-state index contributed by atoms with van der Waals surface area (Å²) < 4.78 is 32.2. The van der Waals surface area contributed by atoms with E-state index in [9.17, 15) is 18.3 Å². The number of hydrogen-bond acceptors (Lipinski definition) is 4. The molecule has 122 valence electrons. The Hall–Kier alpha value is -1.60. The molecule has 22 heavy (non-hydrogen) atoms. The summed E-state index contributed by atoms with van der Waals surface area (Å²) in [5.41, 5.74) is 0.714. The highest BCUT2D eigenvalue weighted by Crippen LogP contribution is 2.24. The summed E-state index contributed by atoms with van der Waals surface area (Å²) in [6.45, 7) is 3.04. The Labute approximate surface area is 130 Å². The number of benzene rings is 1. The van der Waals surface area contributed by atoms with Gasteiger partial charge in [0.25, 0.3) is 0 Å². The smallest absolute Gasteiger partial charge is 0.337 e. The molecule has 1 heterocycles. The van der Waals surface area contributed by atoms with E-state index < -0.39 is 16.0 Å². The Morgan fingerprint density at radius 2 is 2.05 bits per heavy atom. The number of carboxylic acids is 1. The summed E-state index contributed by atoms with van der Waals surface area (Å²) in [6.07, 6.45) is 2.31. The lowest BCUT2D eigenvalue weighted by molar-refractivity contribution is 0.0655. The summed E-state index contributed by atoms with van der Waals surface area (Å²) in [6, 6.07) is 4.67. The fraction of sp³-hybridized carbons (Fsp3) is 0.533. The Kier molecular flexibility index (Phi) is 5.42. The van der Waals surface area contributed by atoms with Gasteiger partial charge < -0.3 is 9.84 Å². The molecule has 0 amide bonds. The lowest BCUT2D eigenvalue weighted by atomic mass is 9.98. The summed E-state index contributed by atoms with van der Waals surface area (Å²) in [5.74, 6) is -0.808. The highest BCUT2D eigenvalue weighted by molar-refractivity contribution is 7.92. The third kappa shape index (κ3) is 4.45. The molecule has 1 aromatic rings. The molecule has 0 aliphatic carbocycles. The minimum absolute atomic E-state index is 0.00887. The Morgan fingerprint density at radius 1 is 1.36 bits per heavy atom. The molecular weight excluding hydrogens is 306 g/mol. The first-order valence-corrected chi connectivity index (χ1v) is 8.95. The van der Waals surface area contributed by atoms with Crippen molar-refractivity contribution < 1.29 is 23.1 Å². The number of nitrogens with one attached hydrogen (secondary N) is 1. The molecule has 1 fully saturated rings. The molecule has 0 atom stereocenters. The van der Waals surface area contributed by atoms with E-state index in [0.717, 1.165) is 12.8 Å². The van der Waals surface area contributed by atoms with Gasteiger partial charge in [-0.05, 0) is 43.7 Å². The van der Waals surface area contributed by atoms with Crippen LogP contribution in [0.3, 0.4) is 0 Å². The molecular formula is C15H21NO5S. The monoisotopic (exact) mass is 327 g/mol. The third-order valence-corrected chi connectivity index (χ3v) is 5.18. The van der Waals surface area contributed by atoms with E-state index in [1.165, 1.54) is 6.07 Å². The number of ether oxygens (including phenoxy) is 1. The number of rotatable bonds is 6. The number of aromatic carboxylic acids is 1. The van der Waals surface area contributed by atoms with Gasteiger partial charge in [-0.1, -0.05) is 12.1 Å². The summed E-state index contributed by atoms with van der Waals surface area (Å²) in [7, 11) is -3.57. The van der Waals surface area contributed by atoms with E-state index in [2.05, 4.69) is 4.72 Å². The second-order valence-corrected chi connectivity index (χ2v) is 7.41. The molecule has 1 aliphatic rings. The number of carbonyl (C=O) groups is 1. The van der Waals surface area contributed by atoms with Gasteiger partial charge in [0.1, 0.15) is 0 Å². The van der Waals surface area contributed by atoms with Crippen LogP contribution in [0.25, 0.3) is 0 Å². The summed E-state index contributed by atoms with van der Waals surface area (Å²) in [5, 5.41) is 9.17. The average Bonchev–Trinajstić information content (AvgIpc) is 2.48. The van der Waals surface area contributed by atoms with Gasteiger partial charge in [-0.15, -0.1) is 0 Å². The van der Waals surface area contributed by atoms with Gasteiger partial charge in [-0.3, -0.25) is 4.72 Å². The highest BCUT2D eigenvalue weighted by atomic mass is 32.2. The zero-order valence-corrected chi connectivity index (χ0v) is 13.4. The van der Waals surface area contributed by atoms with E-state index in [1.807, 2.05) is 0 Å². The van der Waals surface area contributed by atoms with Crippen molar-refractivity contribution in [2.24, 2.45) is 5.92 Å². The van der Waals surface area contributed by atoms with Gasteiger partial charge in [-0.25, -0.2) is 13.2 Å². The van der Waals surface area contributed by atoms with Gasteiger partial charge in [0.2, 0.25) is 10.0 Å². The van der Waals surface area contributed by atoms with Crippen molar-refractivity contribution in [3.05, 3.63) is 29.3 Å². The van der Waals surface area contributed by atoms with Crippen LogP contribution in [-0.4, -0.2) is 38.5 Å². The van der Waals surface area contributed by atoms with E-state index in [4.69, 9.17) is 4.74 Å². The van der Waals surface area contributed by atoms with E-state index in [0.29, 0.717) is 31.1 Å². The second-order valence-electron chi connectivity index (χ2n) is 5.57. The van der Waals surface area contributed by atoms with Crippen LogP contribution < -0.4 is 4.72 Å². The van der Waals surface area contributed by atoms with Crippen LogP contribution in [0.4, 0.5) is 5.69 Å². The highest BCUT2D eigenvalue weighted by Gasteiger charge is 2.21. The molecule has 1 aliphatic heterocycles. The van der Waals surface area contributed by atoms with Crippen molar-refractivity contribution >= 4 is 21.7 Å². The maximum atomic E-state index is 12.2. The van der Waals surface area contributed by atoms with E-state index in [1.54, 1.807) is 19.1 Å². The SMILES string of the molecule is Cc1cccc(C(=O)O)c1NS(=O)(=O)CCC1CCOCC1. The number of anilines is 1. The fourth-order valence-electron chi connectivity index (χ4n) is 2.54. The van der Waals surface area contributed by atoms with E-state index >= 15 is 0 Å². The molecule has 1 aromatic carbocycles. The number of hydrogen-bond donors (Lipinski definition) is 2. The minimum Gasteiger partial charge on any atom is -0.478 e. The number of para-hydroxylation sites is 1. The standard InChI is InChI=1S/C15H21NO5S/c1-11-3-2-4-13(15(17)18)14(11)16-22(19,20)10-7-12-5-8-21-9-6-12/h2-4,12,16H,5-10H2,1H3,(H,17,18). The fourth-order valence-corrected chi connectivity index (χ4v) is 3.87. The summed E-state index contributed by atoms with van der Waals surface area (Å²) in [4.78, 5) is 11.2. The predicted octanol–water partition coefficient (Wildman–Crippen LogP) is 2.25. The molecule has 2 N–H and O–H groups in total. The molecule has 0 saturated carbocycles. The topological polar surface area (TPSA) is 92.7 Å². The molecule has 0 unspecified atom stereocenters. The summed E-state index contributed by atoms with van der Waals surface area (Å²) >= 11 is 0. The lowest BCUT2D eigenvalue weighted by Crippen LogP contribution is -2.23. The van der Waals surface area contributed by atoms with Crippen molar-refractivity contribution in [2.75, 3.05) is 23.7 Å². The van der Waals surface area contributed by atoms with Crippen LogP contribution in [0.2, 0.25) is 0 Å². The van der Waals surface area contributed by atoms with Crippen molar-refractivity contribution in [2.45, 2.75) is 26.2 Å². The molecule has 6 nitrogen and oxygen atoms in total. The molecule has 7 heteroatoms.